The molecule has 4 atom stereocenters. The summed E-state index contributed by atoms with van der Waals surface area (Å²) >= 11 is 11.9. The minimum absolute atomic E-state index is 0.131. The van der Waals surface area contributed by atoms with Crippen LogP contribution in [0.4, 0.5) is 5.69 Å². The number of nitrogens with one attached hydrogen (secondary N) is 1. The van der Waals surface area contributed by atoms with Crippen LogP contribution in [0, 0.1) is 23.7 Å². The van der Waals surface area contributed by atoms with E-state index in [0.717, 1.165) is 11.3 Å². The number of rotatable bonds is 3. The summed E-state index contributed by atoms with van der Waals surface area (Å²) in [6.07, 6.45) is 4.91. The number of amides is 3. The second kappa shape index (κ2) is 5.60. The molecule has 24 heavy (non-hydrogen) atoms. The van der Waals surface area contributed by atoms with Crippen LogP contribution in [0.25, 0.3) is 0 Å². The number of benzene rings is 1. The van der Waals surface area contributed by atoms with Crippen molar-refractivity contribution in [2.45, 2.75) is 6.42 Å². The van der Waals surface area contributed by atoms with E-state index in [9.17, 15) is 14.4 Å². The molecule has 2 aliphatic carbocycles. The Balaban J connectivity index is 1.48. The van der Waals surface area contributed by atoms with Gasteiger partial charge in [-0.25, -0.2) is 0 Å². The zero-order valence-corrected chi connectivity index (χ0v) is 14.1. The van der Waals surface area contributed by atoms with Crippen LogP contribution in [0.3, 0.4) is 0 Å². The van der Waals surface area contributed by atoms with Gasteiger partial charge in [0, 0.05) is 5.02 Å². The van der Waals surface area contributed by atoms with E-state index in [1.54, 1.807) is 12.1 Å². The van der Waals surface area contributed by atoms with E-state index >= 15 is 0 Å². The van der Waals surface area contributed by atoms with Crippen LogP contribution in [0.1, 0.15) is 6.42 Å². The summed E-state index contributed by atoms with van der Waals surface area (Å²) in [6.45, 7) is -0.299. The lowest BCUT2D eigenvalue weighted by molar-refractivity contribution is -0.143. The maximum Gasteiger partial charge on any atom is 0.244 e. The lowest BCUT2D eigenvalue weighted by atomic mass is 9.85. The second-order valence-corrected chi connectivity index (χ2v) is 7.28. The Labute approximate surface area is 148 Å². The molecule has 2 fully saturated rings. The summed E-state index contributed by atoms with van der Waals surface area (Å²) < 4.78 is 0. The van der Waals surface area contributed by atoms with E-state index in [1.807, 2.05) is 12.2 Å². The number of fused-ring (bicyclic) bond motifs is 5. The molecule has 1 aliphatic heterocycles. The summed E-state index contributed by atoms with van der Waals surface area (Å²) in [5.41, 5.74) is 0.357. The molecule has 2 bridgehead atoms. The van der Waals surface area contributed by atoms with Gasteiger partial charge in [-0.1, -0.05) is 35.4 Å². The van der Waals surface area contributed by atoms with Gasteiger partial charge in [0.2, 0.25) is 17.7 Å². The highest BCUT2D eigenvalue weighted by Crippen LogP contribution is 2.52. The van der Waals surface area contributed by atoms with Crippen LogP contribution >= 0.6 is 23.2 Å². The molecule has 1 saturated carbocycles. The fourth-order valence-corrected chi connectivity index (χ4v) is 4.38. The van der Waals surface area contributed by atoms with Crippen LogP contribution in [0.2, 0.25) is 10.0 Å². The fourth-order valence-electron chi connectivity index (χ4n) is 4.05. The highest BCUT2D eigenvalue weighted by atomic mass is 35.5. The fraction of sp³-hybridized carbons (Fsp3) is 0.353. The summed E-state index contributed by atoms with van der Waals surface area (Å²) in [7, 11) is 0. The molecule has 5 nitrogen and oxygen atoms in total. The largest absolute Gasteiger partial charge is 0.323 e. The van der Waals surface area contributed by atoms with Crippen molar-refractivity contribution >= 4 is 46.6 Å². The molecule has 1 N–H and O–H groups in total. The summed E-state index contributed by atoms with van der Waals surface area (Å²) in [6, 6.07) is 4.70. The maximum atomic E-state index is 12.5. The number of hydrogen-bond acceptors (Lipinski definition) is 3. The number of anilines is 1. The number of imide groups is 1. The first kappa shape index (κ1) is 15.7. The monoisotopic (exact) mass is 364 g/mol. The third kappa shape index (κ3) is 2.34. The number of hydrogen-bond donors (Lipinski definition) is 1. The zero-order valence-electron chi connectivity index (χ0n) is 12.5. The molecule has 0 radical (unpaired) electrons. The van der Waals surface area contributed by atoms with Gasteiger partial charge in [0.05, 0.1) is 22.5 Å². The third-order valence-electron chi connectivity index (χ3n) is 5.07. The standard InChI is InChI=1S/C17H14Cl2N2O3/c18-10-3-4-11(19)12(6-10)20-13(22)7-21-16(23)14-8-1-2-9(5-8)15(14)17(21)24/h1-4,6,8-9,14-15H,5,7H2,(H,20,22)/t8-,9+,14-,15-/m0/s1. The SMILES string of the molecule is O=C(CN1C(=O)[C@@H]2[C@@H](C1=O)[C@H]1C=C[C@@H]2C1)Nc1cc(Cl)ccc1Cl. The van der Waals surface area contributed by atoms with Gasteiger partial charge in [-0.3, -0.25) is 19.3 Å². The number of allylic oxidation sites excluding steroid dienone is 2. The Morgan fingerprint density at radius 1 is 1.12 bits per heavy atom. The van der Waals surface area contributed by atoms with Gasteiger partial charge in [0.1, 0.15) is 6.54 Å². The lowest BCUT2D eigenvalue weighted by Gasteiger charge is -2.17. The van der Waals surface area contributed by atoms with Gasteiger partial charge in [-0.05, 0) is 36.5 Å². The zero-order chi connectivity index (χ0) is 17.0. The van der Waals surface area contributed by atoms with Crippen molar-refractivity contribution in [1.29, 1.82) is 0 Å². The van der Waals surface area contributed by atoms with Gasteiger partial charge in [0.25, 0.3) is 0 Å². The Kier molecular flexibility index (Phi) is 3.66. The summed E-state index contributed by atoms with van der Waals surface area (Å²) in [5, 5.41) is 3.38. The first-order chi connectivity index (χ1) is 11.5. The number of halogens is 2. The van der Waals surface area contributed by atoms with Crippen LogP contribution in [0.15, 0.2) is 30.4 Å². The minimum Gasteiger partial charge on any atom is -0.323 e. The third-order valence-corrected chi connectivity index (χ3v) is 5.63. The van der Waals surface area contributed by atoms with E-state index < -0.39 is 5.91 Å². The molecule has 3 aliphatic rings. The molecule has 7 heteroatoms. The molecule has 124 valence electrons. The Morgan fingerprint density at radius 2 is 1.75 bits per heavy atom. The molecule has 1 heterocycles. The first-order valence-electron chi connectivity index (χ1n) is 7.74. The number of nitrogens with zero attached hydrogens (tertiary/aromatic N) is 1. The highest BCUT2D eigenvalue weighted by Gasteiger charge is 2.59. The number of carbonyl (C=O) groups is 3. The van der Waals surface area contributed by atoms with E-state index in [-0.39, 0.29) is 42.0 Å². The smallest absolute Gasteiger partial charge is 0.244 e. The first-order valence-corrected chi connectivity index (χ1v) is 8.50. The van der Waals surface area contributed by atoms with Crippen molar-refractivity contribution in [2.24, 2.45) is 23.7 Å². The Morgan fingerprint density at radius 3 is 2.38 bits per heavy atom. The molecular weight excluding hydrogens is 351 g/mol. The molecule has 4 rings (SSSR count). The second-order valence-electron chi connectivity index (χ2n) is 6.43. The molecule has 1 aromatic carbocycles. The van der Waals surface area contributed by atoms with E-state index in [2.05, 4.69) is 5.32 Å². The van der Waals surface area contributed by atoms with Gasteiger partial charge < -0.3 is 5.32 Å². The van der Waals surface area contributed by atoms with Crippen molar-refractivity contribution < 1.29 is 14.4 Å². The molecule has 1 aromatic rings. The number of likely N-dealkylation sites (tertiary alicyclic amines) is 1. The minimum atomic E-state index is -0.471. The highest BCUT2D eigenvalue weighted by molar-refractivity contribution is 6.35. The van der Waals surface area contributed by atoms with Crippen LogP contribution in [-0.2, 0) is 14.4 Å². The quantitative estimate of drug-likeness (QED) is 0.662. The molecular formula is C17H14Cl2N2O3. The maximum absolute atomic E-state index is 12.5. The van der Waals surface area contributed by atoms with Gasteiger partial charge in [0.15, 0.2) is 0 Å². The van der Waals surface area contributed by atoms with Crippen LogP contribution in [0.5, 0.6) is 0 Å². The van der Waals surface area contributed by atoms with Crippen molar-refractivity contribution in [3.63, 3.8) is 0 Å². The molecule has 0 aromatic heterocycles. The van der Waals surface area contributed by atoms with E-state index in [0.29, 0.717) is 15.7 Å². The Bertz CT molecular complexity index is 762. The normalized spacial score (nSPS) is 30.2. The predicted octanol–water partition coefficient (Wildman–Crippen LogP) is 2.74. The summed E-state index contributed by atoms with van der Waals surface area (Å²) in [5.74, 6) is -1.28. The van der Waals surface area contributed by atoms with Crippen molar-refractivity contribution in [3.8, 4) is 0 Å². The predicted molar refractivity (Wildman–Crippen MR) is 89.5 cm³/mol. The van der Waals surface area contributed by atoms with Crippen molar-refractivity contribution in [3.05, 3.63) is 40.4 Å². The Hall–Kier alpha value is -1.85. The molecule has 0 unspecified atom stereocenters. The average Bonchev–Trinajstić information content (AvgIpc) is 3.21. The average molecular weight is 365 g/mol. The van der Waals surface area contributed by atoms with Gasteiger partial charge >= 0.3 is 0 Å². The van der Waals surface area contributed by atoms with Gasteiger partial charge in [-0.15, -0.1) is 0 Å². The van der Waals surface area contributed by atoms with E-state index in [1.165, 1.54) is 6.07 Å². The van der Waals surface area contributed by atoms with Crippen molar-refractivity contribution in [2.75, 3.05) is 11.9 Å². The van der Waals surface area contributed by atoms with Crippen LogP contribution in [-0.4, -0.2) is 29.2 Å². The van der Waals surface area contributed by atoms with Crippen LogP contribution < -0.4 is 5.32 Å². The molecule has 3 amide bonds. The summed E-state index contributed by atoms with van der Waals surface area (Å²) in [4.78, 5) is 38.4. The molecule has 0 spiro atoms. The lowest BCUT2D eigenvalue weighted by Crippen LogP contribution is -2.39. The van der Waals surface area contributed by atoms with Gasteiger partial charge in [-0.2, -0.15) is 0 Å². The number of carbonyl (C=O) groups excluding carboxylic acids is 3. The topological polar surface area (TPSA) is 66.5 Å². The van der Waals surface area contributed by atoms with E-state index in [4.69, 9.17) is 23.2 Å². The molecule has 1 saturated heterocycles. The van der Waals surface area contributed by atoms with Crippen molar-refractivity contribution in [1.82, 2.24) is 4.90 Å².